The molecule has 1 N–H and O–H groups in total. The first-order chi connectivity index (χ1) is 15.4. The highest BCUT2D eigenvalue weighted by Gasteiger charge is 2.49. The number of sulfonamides is 1. The highest BCUT2D eigenvalue weighted by Crippen LogP contribution is 2.36. The van der Waals surface area contributed by atoms with Crippen LogP contribution < -0.4 is 10.1 Å². The summed E-state index contributed by atoms with van der Waals surface area (Å²) in [5.74, 6) is -0.404. The largest absolute Gasteiger partial charge is 0.493 e. The summed E-state index contributed by atoms with van der Waals surface area (Å²) in [4.78, 5) is -0.0217. The van der Waals surface area contributed by atoms with Crippen molar-refractivity contribution in [3.05, 3.63) is 59.4 Å². The summed E-state index contributed by atoms with van der Waals surface area (Å²) < 4.78 is 52.4. The third-order valence-electron chi connectivity index (χ3n) is 5.66. The Kier molecular flexibility index (Phi) is 6.13. The second kappa shape index (κ2) is 8.85. The van der Waals surface area contributed by atoms with E-state index >= 15 is 0 Å². The third-order valence-corrected chi connectivity index (χ3v) is 7.51. The van der Waals surface area contributed by atoms with Gasteiger partial charge in [-0.1, -0.05) is 12.1 Å². The van der Waals surface area contributed by atoms with Gasteiger partial charge in [-0.25, -0.2) is 12.8 Å². The van der Waals surface area contributed by atoms with E-state index in [9.17, 15) is 18.1 Å². The Morgan fingerprint density at radius 3 is 2.50 bits per heavy atom. The monoisotopic (exact) mass is 456 g/mol. The lowest BCUT2D eigenvalue weighted by molar-refractivity contribution is -0.0285. The van der Waals surface area contributed by atoms with Crippen molar-refractivity contribution in [1.29, 1.82) is 10.5 Å². The van der Waals surface area contributed by atoms with Crippen molar-refractivity contribution in [2.45, 2.75) is 10.9 Å². The molecule has 2 aromatic rings. The van der Waals surface area contributed by atoms with Crippen molar-refractivity contribution in [3.8, 4) is 17.9 Å². The van der Waals surface area contributed by atoms with Gasteiger partial charge in [0.1, 0.15) is 23.7 Å². The first-order valence-electron chi connectivity index (χ1n) is 10.00. The van der Waals surface area contributed by atoms with Gasteiger partial charge in [0.05, 0.1) is 41.9 Å². The molecular formula is C22H21FN4O4S. The summed E-state index contributed by atoms with van der Waals surface area (Å²) in [6.07, 6.45) is 0. The summed E-state index contributed by atoms with van der Waals surface area (Å²) in [7, 11) is -3.84. The van der Waals surface area contributed by atoms with E-state index < -0.39 is 21.3 Å². The van der Waals surface area contributed by atoms with Crippen molar-refractivity contribution in [3.63, 3.8) is 0 Å². The molecule has 2 fully saturated rings. The van der Waals surface area contributed by atoms with E-state index in [0.717, 1.165) is 6.07 Å². The fourth-order valence-electron chi connectivity index (χ4n) is 3.68. The molecule has 0 aliphatic carbocycles. The predicted molar refractivity (Wildman–Crippen MR) is 112 cm³/mol. The lowest BCUT2D eigenvalue weighted by atomic mass is 9.82. The van der Waals surface area contributed by atoms with Gasteiger partial charge < -0.3 is 14.8 Å². The normalized spacial score (nSPS) is 18.1. The van der Waals surface area contributed by atoms with Gasteiger partial charge in [0, 0.05) is 31.1 Å². The van der Waals surface area contributed by atoms with Crippen LogP contribution >= 0.6 is 0 Å². The van der Waals surface area contributed by atoms with Crippen LogP contribution in [-0.4, -0.2) is 58.2 Å². The maximum absolute atomic E-state index is 13.9. The molecule has 10 heteroatoms. The van der Waals surface area contributed by atoms with Crippen molar-refractivity contribution in [2.75, 3.05) is 39.5 Å². The Labute approximate surface area is 185 Å². The highest BCUT2D eigenvalue weighted by atomic mass is 32.2. The van der Waals surface area contributed by atoms with Gasteiger partial charge in [-0.2, -0.15) is 14.8 Å². The van der Waals surface area contributed by atoms with Crippen molar-refractivity contribution >= 4 is 10.0 Å². The molecule has 0 atom stereocenters. The molecule has 2 aromatic carbocycles. The first kappa shape index (κ1) is 22.2. The molecule has 2 saturated heterocycles. The summed E-state index contributed by atoms with van der Waals surface area (Å²) in [5, 5.41) is 21.5. The number of hydrogen-bond acceptors (Lipinski definition) is 7. The average Bonchev–Trinajstić information content (AvgIpc) is 2.73. The molecule has 2 aliphatic heterocycles. The van der Waals surface area contributed by atoms with E-state index in [0.29, 0.717) is 19.8 Å². The van der Waals surface area contributed by atoms with E-state index in [4.69, 9.17) is 14.7 Å². The van der Waals surface area contributed by atoms with Crippen LogP contribution in [-0.2, 0) is 14.8 Å². The quantitative estimate of drug-likeness (QED) is 0.642. The standard InChI is InChI=1S/C22H21FN4O4S/c23-20-7-19(6-5-16(20)8-24)31-15-22(12-26-18-10-30-11-18)13-27(14-22)32(28,29)21-4-2-1-3-17(21)9-25/h1-7,18,26H,10-15H2. The Morgan fingerprint density at radius 1 is 1.16 bits per heavy atom. The summed E-state index contributed by atoms with van der Waals surface area (Å²) in [6.45, 7) is 2.21. The number of halogens is 1. The SMILES string of the molecule is N#Cc1ccc(OCC2(CNC3COC3)CN(S(=O)(=O)c3ccccc3C#N)C2)cc1F. The van der Waals surface area contributed by atoms with Crippen LogP contribution in [0.25, 0.3) is 0 Å². The van der Waals surface area contributed by atoms with Crippen LogP contribution in [0.15, 0.2) is 47.4 Å². The van der Waals surface area contributed by atoms with Gasteiger partial charge in [-0.05, 0) is 24.3 Å². The number of benzene rings is 2. The lowest BCUT2D eigenvalue weighted by Crippen LogP contribution is -2.66. The minimum atomic E-state index is -3.84. The maximum Gasteiger partial charge on any atom is 0.244 e. The van der Waals surface area contributed by atoms with Gasteiger partial charge in [0.2, 0.25) is 10.0 Å². The van der Waals surface area contributed by atoms with Crippen molar-refractivity contribution in [1.82, 2.24) is 9.62 Å². The van der Waals surface area contributed by atoms with E-state index in [-0.39, 0.29) is 47.5 Å². The fraction of sp³-hybridized carbons (Fsp3) is 0.364. The van der Waals surface area contributed by atoms with E-state index in [2.05, 4.69) is 5.32 Å². The van der Waals surface area contributed by atoms with Crippen LogP contribution in [0.5, 0.6) is 5.75 Å². The van der Waals surface area contributed by atoms with Crippen LogP contribution in [0.4, 0.5) is 4.39 Å². The maximum atomic E-state index is 13.9. The molecule has 2 heterocycles. The molecule has 0 amide bonds. The van der Waals surface area contributed by atoms with E-state index in [1.54, 1.807) is 18.2 Å². The van der Waals surface area contributed by atoms with Gasteiger partial charge in [-0.3, -0.25) is 0 Å². The molecule has 2 aliphatic rings. The average molecular weight is 456 g/mol. The molecule has 0 bridgehead atoms. The molecule has 8 nitrogen and oxygen atoms in total. The lowest BCUT2D eigenvalue weighted by Gasteiger charge is -2.49. The van der Waals surface area contributed by atoms with Crippen LogP contribution in [0, 0.1) is 33.9 Å². The van der Waals surface area contributed by atoms with E-state index in [1.165, 1.54) is 28.6 Å². The molecular weight excluding hydrogens is 435 g/mol. The molecule has 0 spiro atoms. The Bertz CT molecular complexity index is 1200. The fourth-order valence-corrected chi connectivity index (χ4v) is 5.48. The molecule has 0 aromatic heterocycles. The topological polar surface area (TPSA) is 115 Å². The third kappa shape index (κ3) is 4.31. The van der Waals surface area contributed by atoms with Gasteiger partial charge in [0.25, 0.3) is 0 Å². The first-order valence-corrected chi connectivity index (χ1v) is 11.4. The molecule has 166 valence electrons. The molecule has 0 saturated carbocycles. The minimum absolute atomic E-state index is 0.0217. The second-order valence-corrected chi connectivity index (χ2v) is 9.94. The molecule has 0 unspecified atom stereocenters. The van der Waals surface area contributed by atoms with Crippen molar-refractivity contribution < 1.29 is 22.3 Å². The number of nitriles is 2. The van der Waals surface area contributed by atoms with Gasteiger partial charge in [-0.15, -0.1) is 0 Å². The predicted octanol–water partition coefficient (Wildman–Crippen LogP) is 1.63. The van der Waals surface area contributed by atoms with Crippen LogP contribution in [0.1, 0.15) is 11.1 Å². The Hall–Kier alpha value is -3.02. The highest BCUT2D eigenvalue weighted by molar-refractivity contribution is 7.89. The molecule has 0 radical (unpaired) electrons. The number of hydrogen-bond donors (Lipinski definition) is 1. The molecule has 32 heavy (non-hydrogen) atoms. The number of nitrogens with one attached hydrogen (secondary N) is 1. The summed E-state index contributed by atoms with van der Waals surface area (Å²) in [5.41, 5.74) is -0.510. The zero-order valence-electron chi connectivity index (χ0n) is 17.1. The number of ether oxygens (including phenoxy) is 2. The number of nitrogens with zero attached hydrogens (tertiary/aromatic N) is 3. The molecule has 4 rings (SSSR count). The van der Waals surface area contributed by atoms with Crippen molar-refractivity contribution in [2.24, 2.45) is 5.41 Å². The summed E-state index contributed by atoms with van der Waals surface area (Å²) >= 11 is 0. The smallest absolute Gasteiger partial charge is 0.244 e. The zero-order valence-corrected chi connectivity index (χ0v) is 17.9. The Balaban J connectivity index is 1.49. The van der Waals surface area contributed by atoms with Crippen LogP contribution in [0.3, 0.4) is 0 Å². The second-order valence-electron chi connectivity index (χ2n) is 8.04. The summed E-state index contributed by atoms with van der Waals surface area (Å²) in [6, 6.07) is 14.0. The minimum Gasteiger partial charge on any atom is -0.493 e. The van der Waals surface area contributed by atoms with Crippen LogP contribution in [0.2, 0.25) is 0 Å². The van der Waals surface area contributed by atoms with E-state index in [1.807, 2.05) is 6.07 Å². The zero-order chi connectivity index (χ0) is 22.8. The van der Waals surface area contributed by atoms with Gasteiger partial charge >= 0.3 is 0 Å². The number of rotatable bonds is 8. The Morgan fingerprint density at radius 2 is 1.88 bits per heavy atom. The van der Waals surface area contributed by atoms with Gasteiger partial charge in [0.15, 0.2) is 0 Å².